The Morgan fingerprint density at radius 2 is 1.72 bits per heavy atom. The van der Waals surface area contributed by atoms with Crippen LogP contribution in [0.5, 0.6) is 0 Å². The Morgan fingerprint density at radius 1 is 1.00 bits per heavy atom. The molecule has 158 valence electrons. The van der Waals surface area contributed by atoms with E-state index in [-0.39, 0.29) is 23.7 Å². The fourth-order valence-electron chi connectivity index (χ4n) is 5.05. The quantitative estimate of drug-likeness (QED) is 0.776. The monoisotopic (exact) mass is 402 g/mol. The number of halogens is 1. The predicted molar refractivity (Wildman–Crippen MR) is 110 cm³/mol. The van der Waals surface area contributed by atoms with Gasteiger partial charge in [0.25, 0.3) is 0 Å². The zero-order chi connectivity index (χ0) is 20.4. The van der Waals surface area contributed by atoms with Gasteiger partial charge in [0.15, 0.2) is 0 Å². The first kappa shape index (κ1) is 20.1. The summed E-state index contributed by atoms with van der Waals surface area (Å²) in [5, 5.41) is 0. The number of hydrogen-bond acceptors (Lipinski definition) is 4. The average Bonchev–Trinajstić information content (AvgIpc) is 3.12. The Morgan fingerprint density at radius 3 is 2.45 bits per heavy atom. The molecule has 3 fully saturated rings. The van der Waals surface area contributed by atoms with Crippen molar-refractivity contribution in [2.24, 2.45) is 0 Å². The lowest BCUT2D eigenvalue weighted by Gasteiger charge is -2.38. The molecule has 6 nitrogen and oxygen atoms in total. The molecule has 2 atom stereocenters. The molecule has 0 N–H and O–H groups in total. The van der Waals surface area contributed by atoms with Crippen LogP contribution >= 0.6 is 0 Å². The maximum atomic E-state index is 13.1. The number of amides is 2. The van der Waals surface area contributed by atoms with Crippen molar-refractivity contribution in [3.05, 3.63) is 30.1 Å². The second-order valence-electron chi connectivity index (χ2n) is 8.49. The molecule has 3 saturated heterocycles. The second kappa shape index (κ2) is 8.69. The highest BCUT2D eigenvalue weighted by atomic mass is 19.1. The molecule has 4 rings (SSSR count). The lowest BCUT2D eigenvalue weighted by Crippen LogP contribution is -2.53. The molecule has 2 amide bonds. The zero-order valence-electron chi connectivity index (χ0n) is 17.2. The normalized spacial score (nSPS) is 26.3. The molecule has 1 aromatic rings. The number of rotatable bonds is 3. The first-order valence-corrected chi connectivity index (χ1v) is 10.8. The van der Waals surface area contributed by atoms with E-state index in [9.17, 15) is 14.0 Å². The van der Waals surface area contributed by atoms with Crippen LogP contribution in [0.15, 0.2) is 24.3 Å². The van der Waals surface area contributed by atoms with Gasteiger partial charge in [-0.3, -0.25) is 14.5 Å². The molecule has 0 unspecified atom stereocenters. The molecule has 0 aliphatic carbocycles. The summed E-state index contributed by atoms with van der Waals surface area (Å²) in [4.78, 5) is 33.6. The van der Waals surface area contributed by atoms with Gasteiger partial charge in [-0.2, -0.15) is 0 Å². The number of fused-ring (bicyclic) bond motifs is 1. The van der Waals surface area contributed by atoms with Crippen LogP contribution in [-0.2, 0) is 9.59 Å². The van der Waals surface area contributed by atoms with E-state index in [1.807, 2.05) is 16.8 Å². The molecule has 0 spiro atoms. The van der Waals surface area contributed by atoms with Crippen LogP contribution in [0.4, 0.5) is 10.1 Å². The van der Waals surface area contributed by atoms with Crippen molar-refractivity contribution >= 4 is 17.5 Å². The van der Waals surface area contributed by atoms with Gasteiger partial charge in [-0.05, 0) is 43.5 Å². The highest BCUT2D eigenvalue weighted by Gasteiger charge is 2.39. The maximum absolute atomic E-state index is 13.1. The third-order valence-electron chi connectivity index (χ3n) is 6.82. The fraction of sp³-hybridized carbons (Fsp3) is 0.636. The predicted octanol–water partition coefficient (Wildman–Crippen LogP) is 1.95. The van der Waals surface area contributed by atoms with Gasteiger partial charge < -0.3 is 14.7 Å². The van der Waals surface area contributed by atoms with E-state index in [1.165, 1.54) is 12.1 Å². The fourth-order valence-corrected chi connectivity index (χ4v) is 5.05. The number of nitrogens with zero attached hydrogens (tertiary/aromatic N) is 4. The van der Waals surface area contributed by atoms with Crippen LogP contribution in [-0.4, -0.2) is 84.9 Å². The summed E-state index contributed by atoms with van der Waals surface area (Å²) in [5.41, 5.74) is 1.00. The minimum absolute atomic E-state index is 0.181. The van der Waals surface area contributed by atoms with Gasteiger partial charge in [0.1, 0.15) is 5.82 Å². The topological polar surface area (TPSA) is 47.1 Å². The number of piperazine rings is 1. The molecule has 1 aromatic carbocycles. The number of carbonyl (C=O) groups is 2. The minimum Gasteiger partial charge on any atom is -0.368 e. The van der Waals surface area contributed by atoms with Crippen LogP contribution in [0.3, 0.4) is 0 Å². The summed E-state index contributed by atoms with van der Waals surface area (Å²) >= 11 is 0. The highest BCUT2D eigenvalue weighted by Crippen LogP contribution is 2.29. The van der Waals surface area contributed by atoms with Crippen LogP contribution in [0.25, 0.3) is 0 Å². The van der Waals surface area contributed by atoms with E-state index in [2.05, 4.69) is 9.80 Å². The molecule has 3 aliphatic heterocycles. The number of hydrogen-bond donors (Lipinski definition) is 0. The van der Waals surface area contributed by atoms with Gasteiger partial charge in [0.2, 0.25) is 11.8 Å². The molecule has 7 heteroatoms. The molecular weight excluding hydrogens is 371 g/mol. The molecule has 0 bridgehead atoms. The molecule has 3 aliphatic rings. The van der Waals surface area contributed by atoms with Crippen LogP contribution < -0.4 is 4.90 Å². The second-order valence-corrected chi connectivity index (χ2v) is 8.49. The Labute approximate surface area is 172 Å². The maximum Gasteiger partial charge on any atom is 0.236 e. The number of benzene rings is 1. The average molecular weight is 403 g/mol. The smallest absolute Gasteiger partial charge is 0.236 e. The van der Waals surface area contributed by atoms with Crippen molar-refractivity contribution in [2.45, 2.75) is 44.2 Å². The number of carbonyl (C=O) groups excluding carboxylic acids is 2. The highest BCUT2D eigenvalue weighted by molar-refractivity contribution is 5.79. The summed E-state index contributed by atoms with van der Waals surface area (Å²) in [6.07, 6.45) is 4.67. The molecule has 0 radical (unpaired) electrons. The Balaban J connectivity index is 1.32. The van der Waals surface area contributed by atoms with Crippen molar-refractivity contribution < 1.29 is 14.0 Å². The van der Waals surface area contributed by atoms with Gasteiger partial charge in [0.05, 0.1) is 6.54 Å². The third-order valence-corrected chi connectivity index (χ3v) is 6.82. The van der Waals surface area contributed by atoms with Gasteiger partial charge in [0, 0.05) is 64.0 Å². The molecular formula is C22H31FN4O2. The van der Waals surface area contributed by atoms with Crippen LogP contribution in [0.2, 0.25) is 0 Å². The van der Waals surface area contributed by atoms with Crippen molar-refractivity contribution in [2.75, 3.05) is 51.2 Å². The SMILES string of the molecule is CN1C(=O)CCCC[C@@H]2[C@@H]1CCN2CC(=O)N1CCN(c2ccc(F)cc2)CC1. The Kier molecular flexibility index (Phi) is 6.04. The molecule has 0 aromatic heterocycles. The van der Waals surface area contributed by atoms with Crippen molar-refractivity contribution in [1.82, 2.24) is 14.7 Å². The Hall–Kier alpha value is -2.15. The number of likely N-dealkylation sites (N-methyl/N-ethyl adjacent to an activating group) is 1. The lowest BCUT2D eigenvalue weighted by atomic mass is 9.97. The zero-order valence-corrected chi connectivity index (χ0v) is 17.2. The van der Waals surface area contributed by atoms with E-state index in [0.29, 0.717) is 32.1 Å². The Bertz CT molecular complexity index is 733. The molecule has 29 heavy (non-hydrogen) atoms. The summed E-state index contributed by atoms with van der Waals surface area (Å²) in [6.45, 7) is 4.24. The van der Waals surface area contributed by atoms with Crippen molar-refractivity contribution in [3.8, 4) is 0 Å². The van der Waals surface area contributed by atoms with Gasteiger partial charge in [-0.25, -0.2) is 4.39 Å². The van der Waals surface area contributed by atoms with E-state index >= 15 is 0 Å². The van der Waals surface area contributed by atoms with E-state index < -0.39 is 0 Å². The van der Waals surface area contributed by atoms with Crippen LogP contribution in [0, 0.1) is 5.82 Å². The van der Waals surface area contributed by atoms with Gasteiger partial charge in [-0.1, -0.05) is 6.42 Å². The number of anilines is 1. The van der Waals surface area contributed by atoms with E-state index in [1.54, 1.807) is 12.1 Å². The summed E-state index contributed by atoms with van der Waals surface area (Å²) < 4.78 is 13.1. The molecule has 3 heterocycles. The van der Waals surface area contributed by atoms with E-state index in [0.717, 1.165) is 51.0 Å². The van der Waals surface area contributed by atoms with E-state index in [4.69, 9.17) is 0 Å². The molecule has 0 saturated carbocycles. The third kappa shape index (κ3) is 4.39. The lowest BCUT2D eigenvalue weighted by molar-refractivity contribution is -0.134. The van der Waals surface area contributed by atoms with Crippen LogP contribution in [0.1, 0.15) is 32.1 Å². The first-order chi connectivity index (χ1) is 14.0. The summed E-state index contributed by atoms with van der Waals surface area (Å²) in [6, 6.07) is 7.09. The van der Waals surface area contributed by atoms with Gasteiger partial charge in [-0.15, -0.1) is 0 Å². The van der Waals surface area contributed by atoms with Crippen molar-refractivity contribution in [1.29, 1.82) is 0 Å². The summed E-state index contributed by atoms with van der Waals surface area (Å²) in [5.74, 6) is 0.193. The standard InChI is InChI=1S/C22H31FN4O2/c1-24-19-10-11-27(20(19)4-2-3-5-21(24)28)16-22(29)26-14-12-25(13-15-26)18-8-6-17(23)7-9-18/h6-9,19-20H,2-5,10-16H2,1H3/t19-,20+/m0/s1. The van der Waals surface area contributed by atoms with Gasteiger partial charge >= 0.3 is 0 Å². The van der Waals surface area contributed by atoms with Crippen molar-refractivity contribution in [3.63, 3.8) is 0 Å². The minimum atomic E-state index is -0.229. The summed E-state index contributed by atoms with van der Waals surface area (Å²) in [7, 11) is 1.92. The number of likely N-dealkylation sites (tertiary alicyclic amines) is 2. The first-order valence-electron chi connectivity index (χ1n) is 10.8. The largest absolute Gasteiger partial charge is 0.368 e.